The van der Waals surface area contributed by atoms with Crippen LogP contribution in [0.5, 0.6) is 0 Å². The third-order valence-corrected chi connectivity index (χ3v) is 1.85. The van der Waals surface area contributed by atoms with Gasteiger partial charge in [0.1, 0.15) is 0 Å². The fourth-order valence-electron chi connectivity index (χ4n) is 1.09. The van der Waals surface area contributed by atoms with Gasteiger partial charge >= 0.3 is 5.97 Å². The summed E-state index contributed by atoms with van der Waals surface area (Å²) in [5.41, 5.74) is 0. The van der Waals surface area contributed by atoms with Gasteiger partial charge < -0.3 is 10.1 Å². The van der Waals surface area contributed by atoms with Crippen molar-refractivity contribution in [3.05, 3.63) is 12.7 Å². The normalized spacial score (nSPS) is 9.40. The zero-order valence-corrected chi connectivity index (χ0v) is 9.25. The van der Waals surface area contributed by atoms with Gasteiger partial charge in [0.15, 0.2) is 0 Å². The summed E-state index contributed by atoms with van der Waals surface area (Å²) in [5.74, 6) is -0.298. The van der Waals surface area contributed by atoms with Crippen molar-refractivity contribution >= 4 is 11.9 Å². The van der Waals surface area contributed by atoms with E-state index in [1.54, 1.807) is 6.92 Å². The highest BCUT2D eigenvalue weighted by Gasteiger charge is 2.00. The van der Waals surface area contributed by atoms with Crippen molar-refractivity contribution < 1.29 is 14.3 Å². The number of carbonyl (C=O) groups excluding carboxylic acids is 2. The van der Waals surface area contributed by atoms with E-state index in [-0.39, 0.29) is 11.9 Å². The smallest absolute Gasteiger partial charge is 0.305 e. The maximum Gasteiger partial charge on any atom is 0.305 e. The molecule has 1 amide bonds. The van der Waals surface area contributed by atoms with Gasteiger partial charge in [0, 0.05) is 13.0 Å². The molecule has 0 spiro atoms. The Morgan fingerprint density at radius 1 is 1.33 bits per heavy atom. The monoisotopic (exact) mass is 213 g/mol. The fraction of sp³-hybridized carbons (Fsp3) is 0.636. The molecule has 0 fully saturated rings. The Kier molecular flexibility index (Phi) is 8.43. The summed E-state index contributed by atoms with van der Waals surface area (Å²) in [5, 5.41) is 2.67. The lowest BCUT2D eigenvalue weighted by molar-refractivity contribution is -0.143. The summed E-state index contributed by atoms with van der Waals surface area (Å²) in [4.78, 5) is 21.7. The van der Waals surface area contributed by atoms with Gasteiger partial charge in [-0.3, -0.25) is 9.59 Å². The van der Waals surface area contributed by atoms with Crippen LogP contribution in [-0.4, -0.2) is 25.0 Å². The molecule has 0 unspecified atom stereocenters. The Labute approximate surface area is 90.7 Å². The van der Waals surface area contributed by atoms with Gasteiger partial charge in [-0.25, -0.2) is 0 Å². The molecular weight excluding hydrogens is 194 g/mol. The lowest BCUT2D eigenvalue weighted by atomic mass is 10.2. The van der Waals surface area contributed by atoms with E-state index in [4.69, 9.17) is 4.74 Å². The highest BCUT2D eigenvalue weighted by molar-refractivity contribution is 5.86. The summed E-state index contributed by atoms with van der Waals surface area (Å²) >= 11 is 0. The first-order chi connectivity index (χ1) is 7.20. The van der Waals surface area contributed by atoms with Crippen LogP contribution >= 0.6 is 0 Å². The van der Waals surface area contributed by atoms with E-state index in [9.17, 15) is 9.59 Å². The number of carbonyl (C=O) groups is 2. The minimum atomic E-state index is -0.152. The quantitative estimate of drug-likeness (QED) is 0.377. The van der Waals surface area contributed by atoms with Gasteiger partial charge in [0.25, 0.3) is 0 Å². The van der Waals surface area contributed by atoms with Gasteiger partial charge in [0.2, 0.25) is 5.91 Å². The van der Waals surface area contributed by atoms with Crippen LogP contribution in [0.25, 0.3) is 0 Å². The summed E-state index contributed by atoms with van der Waals surface area (Å²) in [7, 11) is 0. The van der Waals surface area contributed by atoms with E-state index in [1.165, 1.54) is 6.08 Å². The van der Waals surface area contributed by atoms with Crippen molar-refractivity contribution in [2.24, 2.45) is 0 Å². The molecule has 0 heterocycles. The number of esters is 1. The number of rotatable bonds is 8. The Morgan fingerprint density at radius 2 is 2.07 bits per heavy atom. The van der Waals surface area contributed by atoms with E-state index in [0.717, 1.165) is 19.3 Å². The number of hydrogen-bond acceptors (Lipinski definition) is 3. The first kappa shape index (κ1) is 13.7. The molecule has 0 aliphatic heterocycles. The molecule has 0 atom stereocenters. The number of hydrogen-bond donors (Lipinski definition) is 1. The summed E-state index contributed by atoms with van der Waals surface area (Å²) in [6.07, 6.45) is 4.31. The third kappa shape index (κ3) is 9.00. The minimum Gasteiger partial charge on any atom is -0.466 e. The molecule has 0 radical (unpaired) electrons. The number of ether oxygens (including phenoxy) is 1. The second kappa shape index (κ2) is 9.24. The van der Waals surface area contributed by atoms with E-state index in [0.29, 0.717) is 19.6 Å². The van der Waals surface area contributed by atoms with Gasteiger partial charge in [-0.05, 0) is 25.8 Å². The number of amides is 1. The van der Waals surface area contributed by atoms with Crippen molar-refractivity contribution in [3.63, 3.8) is 0 Å². The average Bonchev–Trinajstić information content (AvgIpc) is 2.23. The van der Waals surface area contributed by atoms with Gasteiger partial charge in [-0.15, -0.1) is 0 Å². The van der Waals surface area contributed by atoms with Crippen molar-refractivity contribution in [2.45, 2.75) is 32.6 Å². The molecule has 0 aliphatic carbocycles. The van der Waals surface area contributed by atoms with Crippen LogP contribution in [0.1, 0.15) is 32.6 Å². The van der Waals surface area contributed by atoms with Crippen LogP contribution in [-0.2, 0) is 14.3 Å². The van der Waals surface area contributed by atoms with Crippen molar-refractivity contribution in [2.75, 3.05) is 13.2 Å². The maximum absolute atomic E-state index is 10.9. The lowest BCUT2D eigenvalue weighted by Crippen LogP contribution is -2.21. The first-order valence-corrected chi connectivity index (χ1v) is 5.26. The van der Waals surface area contributed by atoms with Crippen molar-refractivity contribution in [3.8, 4) is 0 Å². The average molecular weight is 213 g/mol. The second-order valence-electron chi connectivity index (χ2n) is 3.11. The Balaban J connectivity index is 3.21. The van der Waals surface area contributed by atoms with Crippen LogP contribution in [0.3, 0.4) is 0 Å². The van der Waals surface area contributed by atoms with Gasteiger partial charge in [0.05, 0.1) is 6.61 Å². The minimum absolute atomic E-state index is 0.146. The summed E-state index contributed by atoms with van der Waals surface area (Å²) in [6.45, 7) is 6.21. The van der Waals surface area contributed by atoms with Crippen LogP contribution in [0.4, 0.5) is 0 Å². The molecule has 0 aromatic heterocycles. The van der Waals surface area contributed by atoms with Crippen molar-refractivity contribution in [1.82, 2.24) is 5.32 Å². The van der Waals surface area contributed by atoms with E-state index in [2.05, 4.69) is 11.9 Å². The molecule has 0 bridgehead atoms. The Morgan fingerprint density at radius 3 is 2.67 bits per heavy atom. The molecule has 0 aromatic carbocycles. The SMILES string of the molecule is C=CC(=O)NCCCCCC(=O)OCC. The number of nitrogens with one attached hydrogen (secondary N) is 1. The predicted molar refractivity (Wildman–Crippen MR) is 58.3 cm³/mol. The molecule has 0 aromatic rings. The molecule has 0 aliphatic rings. The van der Waals surface area contributed by atoms with Crippen LogP contribution in [0.2, 0.25) is 0 Å². The fourth-order valence-corrected chi connectivity index (χ4v) is 1.09. The summed E-state index contributed by atoms with van der Waals surface area (Å²) < 4.78 is 4.78. The molecule has 15 heavy (non-hydrogen) atoms. The van der Waals surface area contributed by atoms with Crippen LogP contribution in [0, 0.1) is 0 Å². The first-order valence-electron chi connectivity index (χ1n) is 5.26. The maximum atomic E-state index is 10.9. The van der Waals surface area contributed by atoms with Crippen LogP contribution < -0.4 is 5.32 Å². The third-order valence-electron chi connectivity index (χ3n) is 1.85. The molecule has 4 heteroatoms. The highest BCUT2D eigenvalue weighted by atomic mass is 16.5. The molecule has 0 saturated heterocycles. The second-order valence-corrected chi connectivity index (χ2v) is 3.11. The molecule has 0 rings (SSSR count). The standard InChI is InChI=1S/C11H19NO3/c1-3-10(13)12-9-7-5-6-8-11(14)15-4-2/h3H,1,4-9H2,2H3,(H,12,13). The van der Waals surface area contributed by atoms with Crippen molar-refractivity contribution in [1.29, 1.82) is 0 Å². The van der Waals surface area contributed by atoms with E-state index < -0.39 is 0 Å². The van der Waals surface area contributed by atoms with Gasteiger partial charge in [-0.2, -0.15) is 0 Å². The van der Waals surface area contributed by atoms with Gasteiger partial charge in [-0.1, -0.05) is 13.0 Å². The Bertz CT molecular complexity index is 214. The van der Waals surface area contributed by atoms with E-state index in [1.807, 2.05) is 0 Å². The zero-order chi connectivity index (χ0) is 11.5. The zero-order valence-electron chi connectivity index (χ0n) is 9.25. The Hall–Kier alpha value is -1.32. The summed E-state index contributed by atoms with van der Waals surface area (Å²) in [6, 6.07) is 0. The lowest BCUT2D eigenvalue weighted by Gasteiger charge is -2.02. The predicted octanol–water partition coefficient (Wildman–Crippen LogP) is 1.41. The molecular formula is C11H19NO3. The molecule has 86 valence electrons. The molecule has 4 nitrogen and oxygen atoms in total. The topological polar surface area (TPSA) is 55.4 Å². The van der Waals surface area contributed by atoms with Crippen LogP contribution in [0.15, 0.2) is 12.7 Å². The highest BCUT2D eigenvalue weighted by Crippen LogP contribution is 2.00. The number of unbranched alkanes of at least 4 members (excludes halogenated alkanes) is 2. The molecule has 1 N–H and O–H groups in total. The largest absolute Gasteiger partial charge is 0.466 e. The van der Waals surface area contributed by atoms with E-state index >= 15 is 0 Å². The molecule has 0 saturated carbocycles.